The first-order valence-corrected chi connectivity index (χ1v) is 21.0. The number of nitrogens with two attached hydrogens (primary N) is 1. The summed E-state index contributed by atoms with van der Waals surface area (Å²) in [5, 5.41) is 37.4. The van der Waals surface area contributed by atoms with Gasteiger partial charge in [0.05, 0.1) is 49.5 Å². The number of hydrogen-bond donors (Lipinski definition) is 2. The molecular formula is C38H24N7Na3O11S3. The number of phenols is 1. The van der Waals surface area contributed by atoms with Gasteiger partial charge in [0.1, 0.15) is 41.8 Å². The number of carbonyl (C=O) groups excluding carboxylic acids is 1. The van der Waals surface area contributed by atoms with E-state index in [1.807, 2.05) is 0 Å². The number of rotatable bonds is 11. The van der Waals surface area contributed by atoms with Gasteiger partial charge in [-0.05, 0) is 89.8 Å². The van der Waals surface area contributed by atoms with Crippen molar-refractivity contribution in [2.45, 2.75) is 21.1 Å². The van der Waals surface area contributed by atoms with E-state index in [2.05, 4.69) is 30.7 Å². The van der Waals surface area contributed by atoms with Crippen LogP contribution in [0.1, 0.15) is 5.56 Å². The van der Waals surface area contributed by atoms with Crippen molar-refractivity contribution in [3.63, 3.8) is 0 Å². The summed E-state index contributed by atoms with van der Waals surface area (Å²) in [7, 11) is -14.7. The molecule has 18 nitrogen and oxygen atoms in total. The smallest absolute Gasteiger partial charge is 0.744 e. The van der Waals surface area contributed by atoms with Gasteiger partial charge in [-0.3, -0.25) is 4.79 Å². The van der Waals surface area contributed by atoms with E-state index in [-0.39, 0.29) is 156 Å². The molecule has 0 aliphatic heterocycles. The van der Waals surface area contributed by atoms with Gasteiger partial charge in [0, 0.05) is 26.9 Å². The molecule has 0 aliphatic carbocycles. The Morgan fingerprint density at radius 3 is 1.34 bits per heavy atom. The second-order valence-corrected chi connectivity index (χ2v) is 16.8. The van der Waals surface area contributed by atoms with Gasteiger partial charge in [-0.25, -0.2) is 25.3 Å². The van der Waals surface area contributed by atoms with Crippen LogP contribution in [0.4, 0.5) is 34.1 Å². The minimum absolute atomic E-state index is 0. The van der Waals surface area contributed by atoms with Gasteiger partial charge in [-0.2, -0.15) is 5.11 Å². The van der Waals surface area contributed by atoms with Crippen LogP contribution in [-0.2, 0) is 41.6 Å². The molecule has 3 N–H and O–H groups in total. The third-order valence-electron chi connectivity index (χ3n) is 8.80. The molecular weight excluding hydrogens is 896 g/mol. The van der Waals surface area contributed by atoms with Crippen molar-refractivity contribution in [1.29, 1.82) is 0 Å². The van der Waals surface area contributed by atoms with Gasteiger partial charge in [0.25, 0.3) is 0 Å². The second kappa shape index (κ2) is 20.3. The van der Waals surface area contributed by atoms with E-state index in [1.54, 1.807) is 24.3 Å². The van der Waals surface area contributed by atoms with Crippen molar-refractivity contribution in [3.8, 4) is 5.75 Å². The van der Waals surface area contributed by atoms with Gasteiger partial charge in [-0.1, -0.05) is 36.4 Å². The Morgan fingerprint density at radius 1 is 0.484 bits per heavy atom. The third kappa shape index (κ3) is 11.6. The standard InChI is InChI=1S/C38H27N7O11S3.3Na/c39-37(47)17-21-1-4-23(5-2-21)40-41-32-12-14-34(30-19-25(58(51,52)53)7-10-28(30)32)43-42-33-13-15-35(31-20-26(59(54,55)56)8-11-29(31)33)44-45-38-27-9-6-24(57(48,49)50)18-22(27)3-16-36(38)46;;;/h1-16,18-20,46H,17H2,(H2,39,47)(H,48,49,50)(H,51,52,53)(H,54,55,56);;;/q;3*+1/p-3. The minimum Gasteiger partial charge on any atom is -0.744 e. The van der Waals surface area contributed by atoms with E-state index in [9.17, 15) is 48.8 Å². The molecule has 0 aromatic heterocycles. The molecule has 0 aliphatic rings. The van der Waals surface area contributed by atoms with Crippen molar-refractivity contribution in [1.82, 2.24) is 0 Å². The summed E-state index contributed by atoms with van der Waals surface area (Å²) in [4.78, 5) is 9.56. The third-order valence-corrected chi connectivity index (χ3v) is 11.3. The summed E-state index contributed by atoms with van der Waals surface area (Å²) in [6, 6.07) is 25.3. The van der Waals surface area contributed by atoms with Gasteiger partial charge < -0.3 is 24.5 Å². The number of benzene rings is 7. The Labute approximate surface area is 419 Å². The van der Waals surface area contributed by atoms with Crippen LogP contribution in [-0.4, -0.2) is 49.9 Å². The molecule has 0 fully saturated rings. The zero-order valence-electron chi connectivity index (χ0n) is 32.7. The summed E-state index contributed by atoms with van der Waals surface area (Å²) >= 11 is 0. The van der Waals surface area contributed by atoms with Crippen LogP contribution in [0.25, 0.3) is 32.3 Å². The molecule has 24 heteroatoms. The largest absolute Gasteiger partial charge is 1.00 e. The summed E-state index contributed by atoms with van der Waals surface area (Å²) in [6.45, 7) is 0. The predicted molar refractivity (Wildman–Crippen MR) is 209 cm³/mol. The number of carbonyl (C=O) groups is 1. The molecule has 7 aromatic rings. The Bertz CT molecular complexity index is 3340. The van der Waals surface area contributed by atoms with Crippen LogP contribution < -0.4 is 94.4 Å². The van der Waals surface area contributed by atoms with Crippen molar-refractivity contribution in [2.24, 2.45) is 36.4 Å². The molecule has 62 heavy (non-hydrogen) atoms. The summed E-state index contributed by atoms with van der Waals surface area (Å²) in [5.41, 5.74) is 6.73. The molecule has 7 rings (SSSR count). The van der Waals surface area contributed by atoms with Crippen LogP contribution in [0.3, 0.4) is 0 Å². The van der Waals surface area contributed by atoms with E-state index in [0.717, 1.165) is 36.4 Å². The maximum Gasteiger partial charge on any atom is 1.00 e. The molecule has 0 unspecified atom stereocenters. The SMILES string of the molecule is NC(=O)Cc1ccc(N=Nc2ccc(N=Nc3ccc(N=Nc4c(O)ccc5cc(S(=O)(=O)[O-])ccc45)c4cc(S(=O)(=O)[O-])ccc34)c3cc(S(=O)(=O)[O-])ccc23)cc1.[Na+].[Na+].[Na+]. The van der Waals surface area contributed by atoms with Crippen LogP contribution >= 0.6 is 0 Å². The zero-order valence-corrected chi connectivity index (χ0v) is 41.1. The number of phenolic OH excluding ortho intramolecular Hbond substituents is 1. The summed E-state index contributed by atoms with van der Waals surface area (Å²) in [6.07, 6.45) is 0.0411. The second-order valence-electron chi connectivity index (χ2n) is 12.7. The normalized spacial score (nSPS) is 12.2. The quantitative estimate of drug-likeness (QED) is 0.0887. The first kappa shape index (κ1) is 50.8. The average Bonchev–Trinajstić information content (AvgIpc) is 3.18. The monoisotopic (exact) mass is 919 g/mol. The van der Waals surface area contributed by atoms with E-state index >= 15 is 0 Å². The first-order valence-electron chi connectivity index (χ1n) is 16.7. The van der Waals surface area contributed by atoms with Crippen LogP contribution in [0.5, 0.6) is 5.75 Å². The molecule has 0 atom stereocenters. The number of fused-ring (bicyclic) bond motifs is 3. The Hall–Kier alpha value is -3.88. The van der Waals surface area contributed by atoms with E-state index in [0.29, 0.717) is 16.6 Å². The minimum atomic E-state index is -4.97. The molecule has 0 heterocycles. The van der Waals surface area contributed by atoms with Gasteiger partial charge >= 0.3 is 88.7 Å². The van der Waals surface area contributed by atoms with E-state index < -0.39 is 50.9 Å². The van der Waals surface area contributed by atoms with Crippen LogP contribution in [0, 0.1) is 0 Å². The van der Waals surface area contributed by atoms with E-state index in [1.165, 1.54) is 54.6 Å². The molecule has 7 aromatic carbocycles. The number of nitrogens with zero attached hydrogens (tertiary/aromatic N) is 6. The molecule has 0 saturated carbocycles. The number of primary amides is 1. The molecule has 0 saturated heterocycles. The first-order chi connectivity index (χ1) is 27.8. The van der Waals surface area contributed by atoms with Crippen LogP contribution in [0.15, 0.2) is 161 Å². The van der Waals surface area contributed by atoms with Crippen molar-refractivity contribution >= 4 is 103 Å². The fourth-order valence-corrected chi connectivity index (χ4v) is 7.50. The molecule has 298 valence electrons. The Kier molecular flexibility index (Phi) is 16.6. The maximum absolute atomic E-state index is 12.0. The number of hydrogen-bond acceptors (Lipinski definition) is 17. The summed E-state index contributed by atoms with van der Waals surface area (Å²) in [5.74, 6) is -0.860. The van der Waals surface area contributed by atoms with Crippen molar-refractivity contribution in [3.05, 3.63) is 121 Å². The molecule has 0 radical (unpaired) electrons. The predicted octanol–water partition coefficient (Wildman–Crippen LogP) is -1.15. The van der Waals surface area contributed by atoms with Gasteiger partial charge in [0.2, 0.25) is 5.91 Å². The molecule has 0 spiro atoms. The Balaban J connectivity index is 0.00000282. The zero-order chi connectivity index (χ0) is 42.3. The number of amides is 1. The van der Waals surface area contributed by atoms with Gasteiger partial charge in [-0.15, -0.1) is 25.6 Å². The molecule has 0 bridgehead atoms. The molecule has 1 amide bonds. The van der Waals surface area contributed by atoms with E-state index in [4.69, 9.17) is 5.73 Å². The average molecular weight is 920 g/mol. The topological polar surface area (TPSA) is 309 Å². The fraction of sp³-hybridized carbons (Fsp3) is 0.0263. The van der Waals surface area contributed by atoms with Gasteiger partial charge in [0.15, 0.2) is 0 Å². The number of azo groups is 3. The van der Waals surface area contributed by atoms with Crippen molar-refractivity contribution < 1.29 is 137 Å². The van der Waals surface area contributed by atoms with Crippen LogP contribution in [0.2, 0.25) is 0 Å². The maximum atomic E-state index is 12.0. The van der Waals surface area contributed by atoms with Crippen molar-refractivity contribution in [2.75, 3.05) is 0 Å². The summed E-state index contributed by atoms with van der Waals surface area (Å²) < 4.78 is 107. The number of aromatic hydroxyl groups is 1. The Morgan fingerprint density at radius 2 is 0.887 bits per heavy atom. The fourth-order valence-electron chi connectivity index (χ4n) is 6.00.